The lowest BCUT2D eigenvalue weighted by molar-refractivity contribution is -0.456. The monoisotopic (exact) mass is 345 g/mol. The second-order valence-electron chi connectivity index (χ2n) is 6.88. The topological polar surface area (TPSA) is 77.5 Å². The molecule has 0 aromatic carbocycles. The molecule has 1 aliphatic carbocycles. The average Bonchev–Trinajstić information content (AvgIpc) is 3.33. The van der Waals surface area contributed by atoms with Gasteiger partial charge in [-0.05, 0) is 32.8 Å². The molecule has 1 saturated carbocycles. The van der Waals surface area contributed by atoms with Crippen LogP contribution in [0.2, 0.25) is 0 Å². The summed E-state index contributed by atoms with van der Waals surface area (Å²) < 4.78 is 36.3. The summed E-state index contributed by atoms with van der Waals surface area (Å²) in [4.78, 5) is 13.1. The molecule has 0 radical (unpaired) electrons. The third-order valence-electron chi connectivity index (χ3n) is 5.86. The molecule has 24 heavy (non-hydrogen) atoms. The number of hydrogen-bond acceptors (Lipinski definition) is 5. The Morgan fingerprint density at radius 3 is 2.29 bits per heavy atom. The Morgan fingerprint density at radius 1 is 1.25 bits per heavy atom. The molecular weight excluding hydrogens is 321 g/mol. The van der Waals surface area contributed by atoms with Crippen LogP contribution in [0.5, 0.6) is 0 Å². The van der Waals surface area contributed by atoms with Gasteiger partial charge in [-0.15, -0.1) is 0 Å². The molecule has 5 atom stereocenters. The lowest BCUT2D eigenvalue weighted by Crippen LogP contribution is -2.72. The summed E-state index contributed by atoms with van der Waals surface area (Å²) >= 11 is 0. The fourth-order valence-electron chi connectivity index (χ4n) is 4.03. The van der Waals surface area contributed by atoms with Crippen molar-refractivity contribution in [2.45, 2.75) is 56.0 Å². The summed E-state index contributed by atoms with van der Waals surface area (Å²) in [7, 11) is 2.96. The number of piperidine rings is 1. The molecule has 2 saturated heterocycles. The number of fused-ring (bicyclic) bond motifs is 1. The highest BCUT2D eigenvalue weighted by Crippen LogP contribution is 2.56. The number of hydrogen-bond donors (Lipinski definition) is 1. The van der Waals surface area contributed by atoms with Crippen LogP contribution in [-0.4, -0.2) is 66.2 Å². The predicted molar refractivity (Wildman–Crippen MR) is 81.0 cm³/mol. The van der Waals surface area contributed by atoms with Gasteiger partial charge in [0, 0.05) is 20.1 Å². The summed E-state index contributed by atoms with van der Waals surface area (Å²) in [6.07, 6.45) is 1.02. The first-order valence-electron chi connectivity index (χ1n) is 8.00. The summed E-state index contributed by atoms with van der Waals surface area (Å²) in [5.74, 6) is -2.87. The Balaban J connectivity index is 1.99. The minimum absolute atomic E-state index is 0.148. The van der Waals surface area contributed by atoms with Gasteiger partial charge < -0.3 is 24.1 Å². The zero-order valence-electron chi connectivity index (χ0n) is 14.3. The van der Waals surface area contributed by atoms with E-state index in [1.807, 2.05) is 0 Å². The number of carboxylic acid groups (broad SMARTS) is 1. The normalized spacial score (nSPS) is 43.9. The average molecular weight is 345 g/mol. The maximum Gasteiger partial charge on any atom is 0.407 e. The van der Waals surface area contributed by atoms with E-state index in [0.29, 0.717) is 19.2 Å². The first-order valence-corrected chi connectivity index (χ1v) is 8.00. The highest BCUT2D eigenvalue weighted by Gasteiger charge is 2.67. The van der Waals surface area contributed by atoms with Gasteiger partial charge in [0.2, 0.25) is 11.6 Å². The van der Waals surface area contributed by atoms with Crippen LogP contribution in [0, 0.1) is 5.92 Å². The van der Waals surface area contributed by atoms with Crippen LogP contribution < -0.4 is 0 Å². The Kier molecular flexibility index (Phi) is 4.15. The van der Waals surface area contributed by atoms with E-state index < -0.39 is 41.3 Å². The lowest BCUT2D eigenvalue weighted by Gasteiger charge is -2.57. The van der Waals surface area contributed by atoms with Crippen molar-refractivity contribution in [2.75, 3.05) is 20.8 Å². The van der Waals surface area contributed by atoms with Gasteiger partial charge in [-0.3, -0.25) is 4.90 Å². The smallest absolute Gasteiger partial charge is 0.407 e. The molecule has 8 heteroatoms. The van der Waals surface area contributed by atoms with Crippen molar-refractivity contribution in [1.82, 2.24) is 4.90 Å². The maximum atomic E-state index is 13.0. The van der Waals surface area contributed by atoms with Gasteiger partial charge in [-0.2, -0.15) is 0 Å². The van der Waals surface area contributed by atoms with Gasteiger partial charge in [0.1, 0.15) is 6.10 Å². The predicted octanol–water partition coefficient (Wildman–Crippen LogP) is 2.12. The number of methoxy groups -OCH3 is 2. The zero-order chi connectivity index (χ0) is 17.8. The van der Waals surface area contributed by atoms with Crippen molar-refractivity contribution in [1.29, 1.82) is 0 Å². The summed E-state index contributed by atoms with van der Waals surface area (Å²) in [6.45, 7) is 3.53. The quantitative estimate of drug-likeness (QED) is 0.844. The van der Waals surface area contributed by atoms with E-state index in [1.165, 1.54) is 25.2 Å². The van der Waals surface area contributed by atoms with Crippen LogP contribution in [0.1, 0.15) is 26.7 Å². The van der Waals surface area contributed by atoms with Gasteiger partial charge in [-0.1, -0.05) is 0 Å². The summed E-state index contributed by atoms with van der Waals surface area (Å²) in [6, 6.07) is 0. The molecule has 0 aromatic rings. The van der Waals surface area contributed by atoms with Crippen LogP contribution >= 0.6 is 0 Å². The van der Waals surface area contributed by atoms with E-state index >= 15 is 0 Å². The standard InChI is InChI=1S/C16H24FNO6/c1-14(21-3)15(2,22-4)24-12-10(5-8-17)16(6-7-16)18(13(19)20)9-11(12)23-14/h5,8,10-12H,6-7,9H2,1-4H3,(H,19,20). The molecule has 5 unspecified atom stereocenters. The molecule has 7 nitrogen and oxygen atoms in total. The molecule has 136 valence electrons. The first kappa shape index (κ1) is 17.6. The number of carbonyl (C=O) groups is 1. The SMILES string of the molecule is COC1(C)OC2CN(C(=O)O)C3(CC3)C(C=CF)C2OC1(C)OC. The van der Waals surface area contributed by atoms with Gasteiger partial charge in [0.25, 0.3) is 0 Å². The molecule has 1 spiro atoms. The summed E-state index contributed by atoms with van der Waals surface area (Å²) in [5, 5.41) is 9.58. The van der Waals surface area contributed by atoms with Crippen LogP contribution in [-0.2, 0) is 18.9 Å². The highest BCUT2D eigenvalue weighted by molar-refractivity contribution is 5.67. The molecule has 0 bridgehead atoms. The third kappa shape index (κ3) is 2.28. The molecular formula is C16H24FNO6. The van der Waals surface area contributed by atoms with Crippen molar-refractivity contribution < 1.29 is 33.2 Å². The van der Waals surface area contributed by atoms with Crippen molar-refractivity contribution in [3.63, 3.8) is 0 Å². The number of rotatable bonds is 3. The van der Waals surface area contributed by atoms with Gasteiger partial charge >= 0.3 is 6.09 Å². The Morgan fingerprint density at radius 2 is 1.83 bits per heavy atom. The van der Waals surface area contributed by atoms with E-state index in [9.17, 15) is 14.3 Å². The van der Waals surface area contributed by atoms with Crippen molar-refractivity contribution in [3.05, 3.63) is 12.4 Å². The molecule has 3 fully saturated rings. The number of halogens is 1. The van der Waals surface area contributed by atoms with Gasteiger partial charge in [0.15, 0.2) is 0 Å². The minimum atomic E-state index is -1.22. The van der Waals surface area contributed by atoms with Crippen LogP contribution in [0.4, 0.5) is 9.18 Å². The Labute approximate surface area is 140 Å². The number of likely N-dealkylation sites (tertiary alicyclic amines) is 1. The van der Waals surface area contributed by atoms with E-state index in [0.717, 1.165) is 0 Å². The lowest BCUT2D eigenvalue weighted by atomic mass is 9.81. The fourth-order valence-corrected chi connectivity index (χ4v) is 4.03. The number of ether oxygens (including phenoxy) is 4. The highest BCUT2D eigenvalue weighted by atomic mass is 19.1. The second kappa shape index (κ2) is 5.66. The van der Waals surface area contributed by atoms with E-state index in [4.69, 9.17) is 18.9 Å². The summed E-state index contributed by atoms with van der Waals surface area (Å²) in [5.41, 5.74) is -0.631. The molecule has 2 aliphatic heterocycles. The van der Waals surface area contributed by atoms with Crippen molar-refractivity contribution in [3.8, 4) is 0 Å². The maximum absolute atomic E-state index is 13.0. The Hall–Kier alpha value is -1.22. The molecule has 2 heterocycles. The van der Waals surface area contributed by atoms with E-state index in [2.05, 4.69) is 0 Å². The van der Waals surface area contributed by atoms with Crippen LogP contribution in [0.15, 0.2) is 12.4 Å². The molecule has 1 N–H and O–H groups in total. The number of nitrogens with zero attached hydrogens (tertiary/aromatic N) is 1. The molecule has 3 rings (SSSR count). The Bertz CT molecular complexity index is 553. The number of amides is 1. The van der Waals surface area contributed by atoms with E-state index in [1.54, 1.807) is 13.8 Å². The van der Waals surface area contributed by atoms with Gasteiger partial charge in [-0.25, -0.2) is 9.18 Å². The zero-order valence-corrected chi connectivity index (χ0v) is 14.3. The van der Waals surface area contributed by atoms with Crippen molar-refractivity contribution in [2.24, 2.45) is 5.92 Å². The fraction of sp³-hybridized carbons (Fsp3) is 0.812. The third-order valence-corrected chi connectivity index (χ3v) is 5.86. The van der Waals surface area contributed by atoms with Crippen LogP contribution in [0.3, 0.4) is 0 Å². The largest absolute Gasteiger partial charge is 0.465 e. The van der Waals surface area contributed by atoms with Crippen LogP contribution in [0.25, 0.3) is 0 Å². The minimum Gasteiger partial charge on any atom is -0.465 e. The van der Waals surface area contributed by atoms with Crippen molar-refractivity contribution >= 4 is 6.09 Å². The first-order chi connectivity index (χ1) is 11.3. The van der Waals surface area contributed by atoms with E-state index in [-0.39, 0.29) is 6.54 Å². The van der Waals surface area contributed by atoms with Gasteiger partial charge in [0.05, 0.1) is 24.5 Å². The molecule has 1 amide bonds. The molecule has 3 aliphatic rings. The second-order valence-corrected chi connectivity index (χ2v) is 6.88. The molecule has 0 aromatic heterocycles.